The number of aromatic nitrogens is 1. The molecule has 1 heterocycles. The van der Waals surface area contributed by atoms with Crippen LogP contribution in [0.3, 0.4) is 0 Å². The van der Waals surface area contributed by atoms with Gasteiger partial charge in [-0.15, -0.1) is 0 Å². The van der Waals surface area contributed by atoms with Crippen LogP contribution in [0, 0.1) is 0 Å². The number of hydrogen-bond donors (Lipinski definition) is 3. The average Bonchev–Trinajstić information content (AvgIpc) is 2.46. The molecule has 1 atom stereocenters. The van der Waals surface area contributed by atoms with Gasteiger partial charge in [0.2, 0.25) is 5.56 Å². The molecule has 0 spiro atoms. The normalized spacial score (nSPS) is 11.7. The Kier molecular flexibility index (Phi) is 4.39. The molecule has 0 aliphatic heterocycles. The molecule has 108 valence electrons. The van der Waals surface area contributed by atoms with E-state index in [9.17, 15) is 19.5 Å². The van der Waals surface area contributed by atoms with Crippen molar-refractivity contribution in [1.82, 2.24) is 10.3 Å². The van der Waals surface area contributed by atoms with E-state index in [-0.39, 0.29) is 21.7 Å². The second kappa shape index (κ2) is 6.23. The van der Waals surface area contributed by atoms with Crippen molar-refractivity contribution in [1.29, 1.82) is 0 Å². The van der Waals surface area contributed by atoms with Gasteiger partial charge in [-0.2, -0.15) is 0 Å². The number of amides is 1. The minimum atomic E-state index is -1.28. The lowest BCUT2D eigenvalue weighted by Gasteiger charge is -2.16. The summed E-state index contributed by atoms with van der Waals surface area (Å²) < 4.78 is 0. The molecule has 1 aromatic carbocycles. The lowest BCUT2D eigenvalue weighted by molar-refractivity contribution is -0.139. The SMILES string of the molecule is O=C(N[C@@H](C(=O)O)c1ccccc1Cl)c1ccc(=O)[nH]c1. The zero-order valence-electron chi connectivity index (χ0n) is 10.7. The van der Waals surface area contributed by atoms with Crippen LogP contribution in [-0.4, -0.2) is 22.0 Å². The third-order valence-corrected chi connectivity index (χ3v) is 3.13. The number of carbonyl (C=O) groups is 2. The van der Waals surface area contributed by atoms with Crippen LogP contribution in [0.4, 0.5) is 0 Å². The zero-order chi connectivity index (χ0) is 15.4. The Morgan fingerprint density at radius 1 is 1.19 bits per heavy atom. The van der Waals surface area contributed by atoms with Crippen molar-refractivity contribution in [3.63, 3.8) is 0 Å². The summed E-state index contributed by atoms with van der Waals surface area (Å²) in [7, 11) is 0. The van der Waals surface area contributed by atoms with Crippen molar-refractivity contribution in [3.8, 4) is 0 Å². The van der Waals surface area contributed by atoms with Gasteiger partial charge in [-0.3, -0.25) is 9.59 Å². The summed E-state index contributed by atoms with van der Waals surface area (Å²) in [4.78, 5) is 36.6. The van der Waals surface area contributed by atoms with Crippen molar-refractivity contribution in [2.24, 2.45) is 0 Å². The van der Waals surface area contributed by atoms with Crippen LogP contribution in [0.2, 0.25) is 5.02 Å². The fraction of sp³-hybridized carbons (Fsp3) is 0.0714. The Morgan fingerprint density at radius 3 is 2.48 bits per heavy atom. The Balaban J connectivity index is 2.27. The molecule has 0 aliphatic carbocycles. The predicted octanol–water partition coefficient (Wildman–Crippen LogP) is 1.58. The first-order valence-corrected chi connectivity index (χ1v) is 6.33. The van der Waals surface area contributed by atoms with Gasteiger partial charge in [-0.25, -0.2) is 4.79 Å². The van der Waals surface area contributed by atoms with E-state index in [1.165, 1.54) is 24.4 Å². The van der Waals surface area contributed by atoms with Gasteiger partial charge in [-0.05, 0) is 12.1 Å². The summed E-state index contributed by atoms with van der Waals surface area (Å²) in [6.07, 6.45) is 1.21. The Labute approximate surface area is 124 Å². The largest absolute Gasteiger partial charge is 0.479 e. The molecule has 0 saturated heterocycles. The van der Waals surface area contributed by atoms with E-state index in [2.05, 4.69) is 10.3 Å². The van der Waals surface area contributed by atoms with Gasteiger partial charge in [0.15, 0.2) is 6.04 Å². The molecule has 0 saturated carbocycles. The highest BCUT2D eigenvalue weighted by molar-refractivity contribution is 6.31. The van der Waals surface area contributed by atoms with E-state index in [1.807, 2.05) is 0 Å². The summed E-state index contributed by atoms with van der Waals surface area (Å²) in [6, 6.07) is 7.56. The quantitative estimate of drug-likeness (QED) is 0.798. The fourth-order valence-corrected chi connectivity index (χ4v) is 1.99. The number of nitrogens with one attached hydrogen (secondary N) is 2. The van der Waals surface area contributed by atoms with E-state index in [1.54, 1.807) is 18.2 Å². The number of hydrogen-bond acceptors (Lipinski definition) is 3. The van der Waals surface area contributed by atoms with Gasteiger partial charge in [0.1, 0.15) is 0 Å². The van der Waals surface area contributed by atoms with Gasteiger partial charge in [0.25, 0.3) is 5.91 Å². The van der Waals surface area contributed by atoms with Crippen LogP contribution in [0.25, 0.3) is 0 Å². The maximum absolute atomic E-state index is 12.0. The number of rotatable bonds is 4. The molecule has 1 aromatic heterocycles. The summed E-state index contributed by atoms with van der Waals surface area (Å²) in [6.45, 7) is 0. The summed E-state index contributed by atoms with van der Waals surface area (Å²) >= 11 is 5.95. The van der Waals surface area contributed by atoms with E-state index in [4.69, 9.17) is 11.6 Å². The first-order chi connectivity index (χ1) is 9.99. The number of halogens is 1. The number of pyridine rings is 1. The van der Waals surface area contributed by atoms with Crippen molar-refractivity contribution in [2.75, 3.05) is 0 Å². The van der Waals surface area contributed by atoms with E-state index in [0.717, 1.165) is 0 Å². The first kappa shape index (κ1) is 14.8. The molecule has 0 bridgehead atoms. The average molecular weight is 307 g/mol. The summed E-state index contributed by atoms with van der Waals surface area (Å²) in [5, 5.41) is 11.9. The number of benzene rings is 1. The molecule has 0 aliphatic rings. The van der Waals surface area contributed by atoms with Crippen LogP contribution in [-0.2, 0) is 4.79 Å². The Hall–Kier alpha value is -2.60. The van der Waals surface area contributed by atoms with Crippen LogP contribution >= 0.6 is 11.6 Å². The molecule has 2 rings (SSSR count). The van der Waals surface area contributed by atoms with Crippen LogP contribution in [0.1, 0.15) is 22.0 Å². The van der Waals surface area contributed by atoms with Gasteiger partial charge in [-0.1, -0.05) is 29.8 Å². The molecule has 6 nitrogen and oxygen atoms in total. The third-order valence-electron chi connectivity index (χ3n) is 2.78. The fourth-order valence-electron chi connectivity index (χ4n) is 1.75. The predicted molar refractivity (Wildman–Crippen MR) is 76.4 cm³/mol. The molecule has 21 heavy (non-hydrogen) atoms. The van der Waals surface area contributed by atoms with Gasteiger partial charge in [0.05, 0.1) is 5.56 Å². The number of aromatic amines is 1. The molecule has 7 heteroatoms. The lowest BCUT2D eigenvalue weighted by atomic mass is 10.1. The van der Waals surface area contributed by atoms with E-state index < -0.39 is 17.9 Å². The number of aliphatic carboxylic acids is 1. The standard InChI is InChI=1S/C14H11ClN2O4/c15-10-4-2-1-3-9(10)12(14(20)21)17-13(19)8-5-6-11(18)16-7-8/h1-7,12H,(H,16,18)(H,17,19)(H,20,21)/t12-/m1/s1. The molecule has 0 fully saturated rings. The molecular weight excluding hydrogens is 296 g/mol. The van der Waals surface area contributed by atoms with Crippen LogP contribution in [0.5, 0.6) is 0 Å². The highest BCUT2D eigenvalue weighted by Gasteiger charge is 2.24. The second-order valence-electron chi connectivity index (χ2n) is 4.21. The maximum Gasteiger partial charge on any atom is 0.330 e. The van der Waals surface area contributed by atoms with Gasteiger partial charge in [0, 0.05) is 22.8 Å². The minimum Gasteiger partial charge on any atom is -0.479 e. The molecular formula is C14H11ClN2O4. The van der Waals surface area contributed by atoms with Crippen molar-refractivity contribution in [2.45, 2.75) is 6.04 Å². The highest BCUT2D eigenvalue weighted by Crippen LogP contribution is 2.23. The summed E-state index contributed by atoms with van der Waals surface area (Å²) in [5.74, 6) is -1.86. The lowest BCUT2D eigenvalue weighted by Crippen LogP contribution is -2.34. The first-order valence-electron chi connectivity index (χ1n) is 5.96. The van der Waals surface area contributed by atoms with E-state index >= 15 is 0 Å². The molecule has 2 aromatic rings. The van der Waals surface area contributed by atoms with Gasteiger partial charge < -0.3 is 15.4 Å². The second-order valence-corrected chi connectivity index (χ2v) is 4.62. The number of carboxylic acids is 1. The Bertz CT molecular complexity index is 721. The zero-order valence-corrected chi connectivity index (χ0v) is 11.4. The third kappa shape index (κ3) is 3.49. The molecule has 0 unspecified atom stereocenters. The van der Waals surface area contributed by atoms with E-state index in [0.29, 0.717) is 0 Å². The molecule has 1 amide bonds. The van der Waals surface area contributed by atoms with Gasteiger partial charge >= 0.3 is 5.97 Å². The van der Waals surface area contributed by atoms with Crippen molar-refractivity contribution in [3.05, 3.63) is 69.1 Å². The highest BCUT2D eigenvalue weighted by atomic mass is 35.5. The molecule has 0 radical (unpaired) electrons. The number of carboxylic acid groups (broad SMARTS) is 1. The van der Waals surface area contributed by atoms with Crippen LogP contribution in [0.15, 0.2) is 47.4 Å². The monoisotopic (exact) mass is 306 g/mol. The van der Waals surface area contributed by atoms with Crippen LogP contribution < -0.4 is 10.9 Å². The minimum absolute atomic E-state index is 0.146. The number of carbonyl (C=O) groups excluding carboxylic acids is 1. The summed E-state index contributed by atoms with van der Waals surface area (Å²) in [5.41, 5.74) is 0.0739. The topological polar surface area (TPSA) is 99.3 Å². The molecule has 3 N–H and O–H groups in total. The number of H-pyrrole nitrogens is 1. The van der Waals surface area contributed by atoms with Crippen molar-refractivity contribution < 1.29 is 14.7 Å². The van der Waals surface area contributed by atoms with Crippen molar-refractivity contribution >= 4 is 23.5 Å². The Morgan fingerprint density at radius 2 is 1.90 bits per heavy atom. The maximum atomic E-state index is 12.0. The smallest absolute Gasteiger partial charge is 0.330 e.